The lowest BCUT2D eigenvalue weighted by molar-refractivity contribution is 0.419. The molecular formula is C16H11FN4O3. The highest BCUT2D eigenvalue weighted by molar-refractivity contribution is 5.81. The zero-order valence-corrected chi connectivity index (χ0v) is 12.5. The summed E-state index contributed by atoms with van der Waals surface area (Å²) in [6.07, 6.45) is 0. The maximum Gasteiger partial charge on any atom is 0.323 e. The normalized spacial score (nSPS) is 10.9. The number of nitrogens with zero attached hydrogens (tertiary/aromatic N) is 3. The number of para-hydroxylation sites is 1. The first kappa shape index (κ1) is 14.2. The van der Waals surface area contributed by atoms with Gasteiger partial charge in [0.15, 0.2) is 11.1 Å². The van der Waals surface area contributed by atoms with E-state index in [4.69, 9.17) is 13.6 Å². The van der Waals surface area contributed by atoms with E-state index < -0.39 is 0 Å². The summed E-state index contributed by atoms with van der Waals surface area (Å²) in [5.41, 5.74) is 1.61. The van der Waals surface area contributed by atoms with Crippen molar-refractivity contribution in [1.29, 1.82) is 0 Å². The molecule has 2 aromatic carbocycles. The highest BCUT2D eigenvalue weighted by atomic mass is 19.1. The number of halogens is 1. The smallest absolute Gasteiger partial charge is 0.323 e. The Morgan fingerprint density at radius 3 is 2.75 bits per heavy atom. The Morgan fingerprint density at radius 2 is 1.92 bits per heavy atom. The number of hydrogen-bond donors (Lipinski definition) is 1. The van der Waals surface area contributed by atoms with Crippen LogP contribution in [0.25, 0.3) is 22.6 Å². The molecule has 2 aromatic heterocycles. The molecule has 0 bridgehead atoms. The van der Waals surface area contributed by atoms with Gasteiger partial charge in [0.05, 0.1) is 7.11 Å². The topological polar surface area (TPSA) is 86.2 Å². The summed E-state index contributed by atoms with van der Waals surface area (Å²) in [7, 11) is 1.56. The first-order valence-corrected chi connectivity index (χ1v) is 7.03. The van der Waals surface area contributed by atoms with Crippen LogP contribution in [0.3, 0.4) is 0 Å². The molecule has 24 heavy (non-hydrogen) atoms. The maximum absolute atomic E-state index is 13.3. The molecule has 0 aliphatic carbocycles. The largest absolute Gasteiger partial charge is 0.494 e. The van der Waals surface area contributed by atoms with E-state index in [1.165, 1.54) is 12.1 Å². The monoisotopic (exact) mass is 326 g/mol. The molecule has 4 rings (SSSR count). The second-order valence-corrected chi connectivity index (χ2v) is 4.87. The van der Waals surface area contributed by atoms with E-state index in [0.29, 0.717) is 22.4 Å². The maximum atomic E-state index is 13.3. The molecule has 0 fully saturated rings. The highest BCUT2D eigenvalue weighted by Crippen LogP contribution is 2.29. The van der Waals surface area contributed by atoms with Crippen molar-refractivity contribution in [2.75, 3.05) is 12.4 Å². The van der Waals surface area contributed by atoms with Gasteiger partial charge in [0.25, 0.3) is 0 Å². The highest BCUT2D eigenvalue weighted by Gasteiger charge is 2.14. The standard InChI is InChI=1S/C16H11FN4O3/c1-22-11-6-3-7-12-13(11)18-15(23-12)19-16-21-20-14(24-16)9-4-2-5-10(17)8-9/h2-8H,1H3,(H,18,19,21). The molecule has 8 heteroatoms. The van der Waals surface area contributed by atoms with Gasteiger partial charge in [0.2, 0.25) is 5.89 Å². The van der Waals surface area contributed by atoms with Crippen molar-refractivity contribution in [2.45, 2.75) is 0 Å². The van der Waals surface area contributed by atoms with Crippen LogP contribution in [0.1, 0.15) is 0 Å². The molecule has 0 radical (unpaired) electrons. The van der Waals surface area contributed by atoms with Gasteiger partial charge in [-0.2, -0.15) is 4.98 Å². The van der Waals surface area contributed by atoms with E-state index in [2.05, 4.69) is 20.5 Å². The number of rotatable bonds is 4. The van der Waals surface area contributed by atoms with Crippen LogP contribution in [0.4, 0.5) is 16.4 Å². The van der Waals surface area contributed by atoms with Crippen molar-refractivity contribution in [3.8, 4) is 17.2 Å². The number of oxazole rings is 1. The SMILES string of the molecule is COc1cccc2oc(Nc3nnc(-c4cccc(F)c4)o3)nc12. The molecule has 2 heterocycles. The Hall–Kier alpha value is -3.42. The molecule has 0 unspecified atom stereocenters. The lowest BCUT2D eigenvalue weighted by Crippen LogP contribution is -1.90. The van der Waals surface area contributed by atoms with Crippen LogP contribution in [-0.2, 0) is 0 Å². The van der Waals surface area contributed by atoms with Gasteiger partial charge in [0, 0.05) is 5.56 Å². The van der Waals surface area contributed by atoms with E-state index in [1.54, 1.807) is 37.4 Å². The molecule has 0 atom stereocenters. The minimum Gasteiger partial charge on any atom is -0.494 e. The van der Waals surface area contributed by atoms with E-state index in [9.17, 15) is 4.39 Å². The third kappa shape index (κ3) is 2.54. The Balaban J connectivity index is 1.62. The molecule has 1 N–H and O–H groups in total. The van der Waals surface area contributed by atoms with Gasteiger partial charge in [-0.3, -0.25) is 5.32 Å². The molecule has 0 aliphatic rings. The summed E-state index contributed by atoms with van der Waals surface area (Å²) in [5.74, 6) is 0.396. The number of ether oxygens (including phenoxy) is 1. The fraction of sp³-hybridized carbons (Fsp3) is 0.0625. The zero-order chi connectivity index (χ0) is 16.5. The molecule has 0 aliphatic heterocycles. The van der Waals surface area contributed by atoms with Crippen LogP contribution in [0.2, 0.25) is 0 Å². The minimum atomic E-state index is -0.383. The minimum absolute atomic E-state index is 0.0831. The van der Waals surface area contributed by atoms with Crippen molar-refractivity contribution < 1.29 is 18.0 Å². The lowest BCUT2D eigenvalue weighted by Gasteiger charge is -1.96. The summed E-state index contributed by atoms with van der Waals surface area (Å²) < 4.78 is 29.5. The molecule has 0 spiro atoms. The number of anilines is 2. The number of methoxy groups -OCH3 is 1. The Morgan fingerprint density at radius 1 is 1.04 bits per heavy atom. The molecule has 120 valence electrons. The summed E-state index contributed by atoms with van der Waals surface area (Å²) in [6.45, 7) is 0. The summed E-state index contributed by atoms with van der Waals surface area (Å²) >= 11 is 0. The van der Waals surface area contributed by atoms with E-state index in [-0.39, 0.29) is 23.7 Å². The molecular weight excluding hydrogens is 315 g/mol. The first-order valence-electron chi connectivity index (χ1n) is 7.03. The van der Waals surface area contributed by atoms with E-state index >= 15 is 0 Å². The average Bonchev–Trinajstić information content (AvgIpc) is 3.21. The van der Waals surface area contributed by atoms with Gasteiger partial charge in [0.1, 0.15) is 11.6 Å². The number of aromatic nitrogens is 3. The number of fused-ring (bicyclic) bond motifs is 1. The van der Waals surface area contributed by atoms with Gasteiger partial charge < -0.3 is 13.6 Å². The zero-order valence-electron chi connectivity index (χ0n) is 12.5. The van der Waals surface area contributed by atoms with Gasteiger partial charge >= 0.3 is 12.0 Å². The fourth-order valence-corrected chi connectivity index (χ4v) is 2.24. The van der Waals surface area contributed by atoms with Gasteiger partial charge in [-0.25, -0.2) is 4.39 Å². The van der Waals surface area contributed by atoms with E-state index in [0.717, 1.165) is 0 Å². The van der Waals surface area contributed by atoms with Crippen molar-refractivity contribution in [2.24, 2.45) is 0 Å². The summed E-state index contributed by atoms with van der Waals surface area (Å²) in [4.78, 5) is 4.28. The molecule has 0 saturated carbocycles. The molecule has 0 saturated heterocycles. The first-order chi connectivity index (χ1) is 11.7. The fourth-order valence-electron chi connectivity index (χ4n) is 2.24. The van der Waals surface area contributed by atoms with Crippen molar-refractivity contribution >= 4 is 23.1 Å². The predicted molar refractivity (Wildman–Crippen MR) is 83.5 cm³/mol. The van der Waals surface area contributed by atoms with Crippen molar-refractivity contribution in [3.05, 3.63) is 48.3 Å². The van der Waals surface area contributed by atoms with Crippen molar-refractivity contribution in [1.82, 2.24) is 15.2 Å². The lowest BCUT2D eigenvalue weighted by atomic mass is 10.2. The predicted octanol–water partition coefficient (Wildman–Crippen LogP) is 3.77. The van der Waals surface area contributed by atoms with Crippen LogP contribution in [-0.4, -0.2) is 22.3 Å². The van der Waals surface area contributed by atoms with Crippen molar-refractivity contribution in [3.63, 3.8) is 0 Å². The Kier molecular flexibility index (Phi) is 3.34. The third-order valence-corrected chi connectivity index (χ3v) is 3.31. The summed E-state index contributed by atoms with van der Waals surface area (Å²) in [6, 6.07) is 11.5. The Labute approximate surface area is 135 Å². The average molecular weight is 326 g/mol. The number of hydrogen-bond acceptors (Lipinski definition) is 7. The van der Waals surface area contributed by atoms with Gasteiger partial charge in [-0.1, -0.05) is 17.2 Å². The molecule has 0 amide bonds. The van der Waals surface area contributed by atoms with Crippen LogP contribution < -0.4 is 10.1 Å². The van der Waals surface area contributed by atoms with E-state index in [1.807, 2.05) is 0 Å². The summed E-state index contributed by atoms with van der Waals surface area (Å²) in [5, 5.41) is 10.5. The quantitative estimate of drug-likeness (QED) is 0.611. The van der Waals surface area contributed by atoms with Gasteiger partial charge in [-0.05, 0) is 30.3 Å². The number of benzene rings is 2. The number of nitrogens with one attached hydrogen (secondary N) is 1. The van der Waals surface area contributed by atoms with Crippen LogP contribution in [0, 0.1) is 5.82 Å². The molecule has 4 aromatic rings. The second-order valence-electron chi connectivity index (χ2n) is 4.87. The van der Waals surface area contributed by atoms with Crippen LogP contribution in [0.15, 0.2) is 51.3 Å². The molecule has 7 nitrogen and oxygen atoms in total. The van der Waals surface area contributed by atoms with Crippen LogP contribution in [0.5, 0.6) is 5.75 Å². The van der Waals surface area contributed by atoms with Crippen LogP contribution >= 0.6 is 0 Å². The second kappa shape index (κ2) is 5.65. The van der Waals surface area contributed by atoms with Gasteiger partial charge in [-0.15, -0.1) is 5.10 Å². The Bertz CT molecular complexity index is 1010. The third-order valence-electron chi connectivity index (χ3n) is 3.31.